The molecule has 0 saturated heterocycles. The Morgan fingerprint density at radius 2 is 1.68 bits per heavy atom. The van der Waals surface area contributed by atoms with Gasteiger partial charge in [0.05, 0.1) is 18.2 Å². The van der Waals surface area contributed by atoms with Crippen LogP contribution in [0.4, 0.5) is 5.69 Å². The third-order valence-corrected chi connectivity index (χ3v) is 6.79. The maximum Gasteiger partial charge on any atom is 0.260 e. The molecule has 1 N–H and O–H groups in total. The fourth-order valence-corrected chi connectivity index (χ4v) is 5.25. The number of para-hydroxylation sites is 1. The highest BCUT2D eigenvalue weighted by molar-refractivity contribution is 7.92. The molecular formula is C24H25N3O3S. The Balaban J connectivity index is 1.54. The monoisotopic (exact) mass is 435 g/mol. The van der Waals surface area contributed by atoms with Crippen molar-refractivity contribution in [2.75, 3.05) is 17.1 Å². The molecule has 160 valence electrons. The molecule has 1 aliphatic carbocycles. The van der Waals surface area contributed by atoms with Crippen LogP contribution in [0.25, 0.3) is 10.8 Å². The Bertz CT molecular complexity index is 1280. The molecule has 3 aromatic rings. The van der Waals surface area contributed by atoms with E-state index in [1.165, 1.54) is 16.5 Å². The van der Waals surface area contributed by atoms with Crippen LogP contribution < -0.4 is 9.73 Å². The maximum absolute atomic E-state index is 12.5. The quantitative estimate of drug-likeness (QED) is 0.476. The lowest BCUT2D eigenvalue weighted by molar-refractivity contribution is -0.119. The molecule has 1 aliphatic rings. The largest absolute Gasteiger partial charge is 0.271 e. The number of nitrogens with one attached hydrogen (secondary N) is 1. The number of hydrazone groups is 1. The molecule has 0 heterocycles. The van der Waals surface area contributed by atoms with Crippen LogP contribution in [0.3, 0.4) is 0 Å². The van der Waals surface area contributed by atoms with Gasteiger partial charge in [0.2, 0.25) is 10.0 Å². The SMILES string of the molecule is Cc1cccc(C)c1N(CC(=O)NN=Cc1ccc2c3c(cccc13)CC2)S(C)(=O)=O. The number of aryl methyl sites for hydroxylation is 4. The molecule has 7 heteroatoms. The molecule has 0 atom stereocenters. The van der Waals surface area contributed by atoms with Crippen LogP contribution in [0, 0.1) is 13.8 Å². The van der Waals surface area contributed by atoms with Crippen molar-refractivity contribution in [3.63, 3.8) is 0 Å². The number of benzene rings is 3. The van der Waals surface area contributed by atoms with Crippen molar-refractivity contribution in [2.45, 2.75) is 26.7 Å². The van der Waals surface area contributed by atoms with Crippen LogP contribution >= 0.6 is 0 Å². The molecule has 31 heavy (non-hydrogen) atoms. The lowest BCUT2D eigenvalue weighted by Gasteiger charge is -2.25. The van der Waals surface area contributed by atoms with E-state index in [9.17, 15) is 13.2 Å². The van der Waals surface area contributed by atoms with Crippen LogP contribution in [-0.2, 0) is 27.7 Å². The first-order valence-corrected chi connectivity index (χ1v) is 12.0. The van der Waals surface area contributed by atoms with Gasteiger partial charge in [0.1, 0.15) is 6.54 Å². The van der Waals surface area contributed by atoms with Gasteiger partial charge in [-0.15, -0.1) is 0 Å². The minimum Gasteiger partial charge on any atom is -0.271 e. The van der Waals surface area contributed by atoms with E-state index in [1.807, 2.05) is 44.2 Å². The van der Waals surface area contributed by atoms with Gasteiger partial charge in [-0.2, -0.15) is 5.10 Å². The molecule has 4 rings (SSSR count). The summed E-state index contributed by atoms with van der Waals surface area (Å²) in [5, 5.41) is 6.48. The van der Waals surface area contributed by atoms with Crippen molar-refractivity contribution in [3.05, 3.63) is 76.3 Å². The van der Waals surface area contributed by atoms with Gasteiger partial charge in [0, 0.05) is 5.56 Å². The number of sulfonamides is 1. The molecule has 0 fully saturated rings. The second kappa shape index (κ2) is 8.15. The zero-order valence-corrected chi connectivity index (χ0v) is 18.7. The third kappa shape index (κ3) is 4.18. The zero-order chi connectivity index (χ0) is 22.2. The predicted octanol–water partition coefficient (Wildman–Crippen LogP) is 3.47. The molecule has 3 aromatic carbocycles. The normalized spacial score (nSPS) is 13.1. The summed E-state index contributed by atoms with van der Waals surface area (Å²) in [4.78, 5) is 12.5. The number of hydrogen-bond donors (Lipinski definition) is 1. The Morgan fingerprint density at radius 1 is 1.03 bits per heavy atom. The molecular weight excluding hydrogens is 410 g/mol. The number of hydrogen-bond acceptors (Lipinski definition) is 4. The highest BCUT2D eigenvalue weighted by atomic mass is 32.2. The highest BCUT2D eigenvalue weighted by Gasteiger charge is 2.23. The van der Waals surface area contributed by atoms with Crippen molar-refractivity contribution in [3.8, 4) is 0 Å². The van der Waals surface area contributed by atoms with E-state index in [2.05, 4.69) is 28.7 Å². The van der Waals surface area contributed by atoms with Crippen molar-refractivity contribution in [2.24, 2.45) is 5.10 Å². The standard InChI is InChI=1S/C24H25N3O3S/c1-16-6-4-7-17(2)24(16)27(31(3,29)30)15-22(28)26-25-14-20-13-12-19-11-10-18-8-5-9-21(20)23(18)19/h4-9,12-14H,10-11,15H2,1-3H3,(H,26,28). The second-order valence-electron chi connectivity index (χ2n) is 7.96. The van der Waals surface area contributed by atoms with Crippen LogP contribution in [0.15, 0.2) is 53.6 Å². The Labute approximate surface area is 182 Å². The smallest absolute Gasteiger partial charge is 0.260 e. The molecule has 0 unspecified atom stereocenters. The van der Waals surface area contributed by atoms with E-state index in [0.717, 1.165) is 45.5 Å². The van der Waals surface area contributed by atoms with Gasteiger partial charge in [-0.05, 0) is 59.7 Å². The van der Waals surface area contributed by atoms with Gasteiger partial charge >= 0.3 is 0 Å². The van der Waals surface area contributed by atoms with Crippen molar-refractivity contribution in [1.29, 1.82) is 0 Å². The Kier molecular flexibility index (Phi) is 5.54. The predicted molar refractivity (Wildman–Crippen MR) is 125 cm³/mol. The van der Waals surface area contributed by atoms with E-state index in [4.69, 9.17) is 0 Å². The minimum absolute atomic E-state index is 0.342. The van der Waals surface area contributed by atoms with Gasteiger partial charge in [-0.25, -0.2) is 13.8 Å². The summed E-state index contributed by atoms with van der Waals surface area (Å²) < 4.78 is 25.9. The molecule has 0 bridgehead atoms. The van der Waals surface area contributed by atoms with Gasteiger partial charge < -0.3 is 0 Å². The summed E-state index contributed by atoms with van der Waals surface area (Å²) >= 11 is 0. The van der Waals surface area contributed by atoms with Gasteiger partial charge in [0.15, 0.2) is 0 Å². The van der Waals surface area contributed by atoms with Crippen molar-refractivity contribution >= 4 is 38.6 Å². The van der Waals surface area contributed by atoms with E-state index < -0.39 is 15.9 Å². The number of carbonyl (C=O) groups excluding carboxylic acids is 1. The first kappa shape index (κ1) is 21.1. The molecule has 0 radical (unpaired) electrons. The molecule has 0 aliphatic heterocycles. The first-order valence-electron chi connectivity index (χ1n) is 10.1. The van der Waals surface area contributed by atoms with Crippen LogP contribution in [-0.4, -0.2) is 33.3 Å². The number of amides is 1. The zero-order valence-electron chi connectivity index (χ0n) is 17.8. The number of rotatable bonds is 6. The number of nitrogens with zero attached hydrogens (tertiary/aromatic N) is 2. The average Bonchev–Trinajstić information content (AvgIpc) is 3.13. The lowest BCUT2D eigenvalue weighted by atomic mass is 10.0. The van der Waals surface area contributed by atoms with Crippen LogP contribution in [0.5, 0.6) is 0 Å². The minimum atomic E-state index is -3.65. The van der Waals surface area contributed by atoms with E-state index in [0.29, 0.717) is 5.69 Å². The van der Waals surface area contributed by atoms with Crippen LogP contribution in [0.2, 0.25) is 0 Å². The molecule has 0 saturated carbocycles. The van der Waals surface area contributed by atoms with Crippen molar-refractivity contribution < 1.29 is 13.2 Å². The van der Waals surface area contributed by atoms with Gasteiger partial charge in [-0.3, -0.25) is 9.10 Å². The van der Waals surface area contributed by atoms with Gasteiger partial charge in [0.25, 0.3) is 5.91 Å². The fourth-order valence-electron chi connectivity index (χ4n) is 4.28. The number of anilines is 1. The van der Waals surface area contributed by atoms with E-state index in [-0.39, 0.29) is 6.54 Å². The molecule has 1 amide bonds. The first-order chi connectivity index (χ1) is 14.8. The summed E-state index contributed by atoms with van der Waals surface area (Å²) in [5.74, 6) is -0.504. The number of carbonyl (C=O) groups is 1. The third-order valence-electron chi connectivity index (χ3n) is 5.68. The summed E-state index contributed by atoms with van der Waals surface area (Å²) in [6.45, 7) is 3.31. The molecule has 0 spiro atoms. The summed E-state index contributed by atoms with van der Waals surface area (Å²) in [6, 6.07) is 15.9. The highest BCUT2D eigenvalue weighted by Crippen LogP contribution is 2.32. The summed E-state index contributed by atoms with van der Waals surface area (Å²) in [7, 11) is -3.65. The second-order valence-corrected chi connectivity index (χ2v) is 9.86. The lowest BCUT2D eigenvalue weighted by Crippen LogP contribution is -2.39. The molecule has 6 nitrogen and oxygen atoms in total. The summed E-state index contributed by atoms with van der Waals surface area (Å²) in [5.41, 5.74) is 8.16. The summed E-state index contributed by atoms with van der Waals surface area (Å²) in [6.07, 6.45) is 4.80. The maximum atomic E-state index is 12.5. The van der Waals surface area contributed by atoms with E-state index >= 15 is 0 Å². The van der Waals surface area contributed by atoms with E-state index in [1.54, 1.807) is 6.21 Å². The fraction of sp³-hybridized carbons (Fsp3) is 0.250. The van der Waals surface area contributed by atoms with Crippen LogP contribution in [0.1, 0.15) is 27.8 Å². The molecule has 0 aromatic heterocycles. The Morgan fingerprint density at radius 3 is 2.35 bits per heavy atom. The topological polar surface area (TPSA) is 78.8 Å². The Hall–Kier alpha value is -3.19. The average molecular weight is 436 g/mol. The van der Waals surface area contributed by atoms with Gasteiger partial charge in [-0.1, -0.05) is 48.5 Å². The van der Waals surface area contributed by atoms with Crippen molar-refractivity contribution in [1.82, 2.24) is 5.43 Å².